The number of hydrogen-bond donors (Lipinski definition) is 2. The standard InChI is InChI=1S/C15H17NO2/c1-10-3-5-13(11(7-10)9-17)14-6-4-12(16)8-15(14)18-2/h3-8,17H,9,16H2,1-2H3. The molecule has 18 heavy (non-hydrogen) atoms. The molecule has 0 amide bonds. The van der Waals surface area contributed by atoms with Crippen molar-refractivity contribution in [3.63, 3.8) is 0 Å². The highest BCUT2D eigenvalue weighted by Crippen LogP contribution is 2.34. The highest BCUT2D eigenvalue weighted by molar-refractivity contribution is 5.75. The smallest absolute Gasteiger partial charge is 0.128 e. The Balaban J connectivity index is 2.61. The first-order chi connectivity index (χ1) is 8.65. The lowest BCUT2D eigenvalue weighted by Gasteiger charge is -2.13. The first kappa shape index (κ1) is 12.5. The Bertz CT molecular complexity index is 513. The normalized spacial score (nSPS) is 10.4. The van der Waals surface area contributed by atoms with Crippen LogP contribution in [-0.2, 0) is 6.61 Å². The minimum Gasteiger partial charge on any atom is -0.496 e. The Morgan fingerprint density at radius 3 is 2.50 bits per heavy atom. The van der Waals surface area contributed by atoms with Crippen molar-refractivity contribution < 1.29 is 9.84 Å². The first-order valence-electron chi connectivity index (χ1n) is 5.80. The van der Waals surface area contributed by atoms with E-state index < -0.39 is 0 Å². The number of hydrogen-bond acceptors (Lipinski definition) is 3. The zero-order valence-electron chi connectivity index (χ0n) is 10.6. The van der Waals surface area contributed by atoms with Gasteiger partial charge in [0, 0.05) is 17.3 Å². The largest absolute Gasteiger partial charge is 0.496 e. The van der Waals surface area contributed by atoms with Gasteiger partial charge in [-0.2, -0.15) is 0 Å². The number of aryl methyl sites for hydroxylation is 1. The van der Waals surface area contributed by atoms with Gasteiger partial charge in [-0.05, 0) is 30.2 Å². The molecule has 0 aromatic heterocycles. The SMILES string of the molecule is COc1cc(N)ccc1-c1ccc(C)cc1CO. The second-order valence-electron chi connectivity index (χ2n) is 4.28. The van der Waals surface area contributed by atoms with Gasteiger partial charge in [0.05, 0.1) is 13.7 Å². The third-order valence-electron chi connectivity index (χ3n) is 2.95. The van der Waals surface area contributed by atoms with Crippen LogP contribution in [0.4, 0.5) is 5.69 Å². The molecule has 0 unspecified atom stereocenters. The summed E-state index contributed by atoms with van der Waals surface area (Å²) in [6.07, 6.45) is 0. The van der Waals surface area contributed by atoms with Gasteiger partial charge in [-0.15, -0.1) is 0 Å². The number of nitrogen functional groups attached to an aromatic ring is 1. The summed E-state index contributed by atoms with van der Waals surface area (Å²) in [5.41, 5.74) is 10.3. The van der Waals surface area contributed by atoms with Crippen LogP contribution in [0.15, 0.2) is 36.4 Å². The first-order valence-corrected chi connectivity index (χ1v) is 5.80. The van der Waals surface area contributed by atoms with Crippen LogP contribution >= 0.6 is 0 Å². The third-order valence-corrected chi connectivity index (χ3v) is 2.95. The van der Waals surface area contributed by atoms with Gasteiger partial charge in [-0.3, -0.25) is 0 Å². The lowest BCUT2D eigenvalue weighted by molar-refractivity contribution is 0.282. The molecule has 2 aromatic carbocycles. The van der Waals surface area contributed by atoms with E-state index in [9.17, 15) is 5.11 Å². The van der Waals surface area contributed by atoms with Crippen LogP contribution in [0.2, 0.25) is 0 Å². The third kappa shape index (κ3) is 2.31. The molecule has 0 aliphatic rings. The lowest BCUT2D eigenvalue weighted by atomic mass is 9.97. The number of nitrogens with two attached hydrogens (primary N) is 1. The highest BCUT2D eigenvalue weighted by Gasteiger charge is 2.10. The molecule has 0 heterocycles. The predicted molar refractivity (Wildman–Crippen MR) is 73.5 cm³/mol. The van der Waals surface area contributed by atoms with Gasteiger partial charge >= 0.3 is 0 Å². The molecule has 0 radical (unpaired) electrons. The molecule has 0 aliphatic heterocycles. The maximum Gasteiger partial charge on any atom is 0.128 e. The van der Waals surface area contributed by atoms with Crippen molar-refractivity contribution in [1.82, 2.24) is 0 Å². The molecule has 0 fully saturated rings. The van der Waals surface area contributed by atoms with Crippen molar-refractivity contribution >= 4 is 5.69 Å². The van der Waals surface area contributed by atoms with Crippen molar-refractivity contribution in [2.45, 2.75) is 13.5 Å². The zero-order valence-corrected chi connectivity index (χ0v) is 10.6. The van der Waals surface area contributed by atoms with Gasteiger partial charge in [-0.25, -0.2) is 0 Å². The molecule has 2 aromatic rings. The Kier molecular flexibility index (Phi) is 3.53. The van der Waals surface area contributed by atoms with Gasteiger partial charge in [0.25, 0.3) is 0 Å². The maximum absolute atomic E-state index is 9.46. The topological polar surface area (TPSA) is 55.5 Å². The molecule has 0 saturated carbocycles. The van der Waals surface area contributed by atoms with E-state index >= 15 is 0 Å². The Labute approximate surface area is 107 Å². The minimum atomic E-state index is 0.00451. The zero-order chi connectivity index (χ0) is 13.1. The van der Waals surface area contributed by atoms with Crippen LogP contribution in [0.5, 0.6) is 5.75 Å². The molecule has 0 bridgehead atoms. The molecule has 0 spiro atoms. The summed E-state index contributed by atoms with van der Waals surface area (Å²) in [6, 6.07) is 11.5. The predicted octanol–water partition coefficient (Wildman–Crippen LogP) is 2.75. The molecule has 0 aliphatic carbocycles. The van der Waals surface area contributed by atoms with Gasteiger partial charge in [0.15, 0.2) is 0 Å². The van der Waals surface area contributed by atoms with Crippen molar-refractivity contribution in [2.75, 3.05) is 12.8 Å². The van der Waals surface area contributed by atoms with Gasteiger partial charge < -0.3 is 15.6 Å². The van der Waals surface area contributed by atoms with E-state index in [0.717, 1.165) is 22.3 Å². The number of anilines is 1. The van der Waals surface area contributed by atoms with E-state index in [1.807, 2.05) is 37.3 Å². The van der Waals surface area contributed by atoms with Crippen molar-refractivity contribution in [3.05, 3.63) is 47.5 Å². The van der Waals surface area contributed by atoms with Gasteiger partial charge in [-0.1, -0.05) is 23.8 Å². The fraction of sp³-hybridized carbons (Fsp3) is 0.200. The maximum atomic E-state index is 9.46. The number of rotatable bonds is 3. The monoisotopic (exact) mass is 243 g/mol. The number of aliphatic hydroxyl groups is 1. The Morgan fingerprint density at radius 2 is 1.83 bits per heavy atom. The number of methoxy groups -OCH3 is 1. The van der Waals surface area contributed by atoms with Crippen molar-refractivity contribution in [3.8, 4) is 16.9 Å². The number of ether oxygens (including phenoxy) is 1. The summed E-state index contributed by atoms with van der Waals surface area (Å²) in [4.78, 5) is 0. The Hall–Kier alpha value is -2.00. The lowest BCUT2D eigenvalue weighted by Crippen LogP contribution is -1.95. The Morgan fingerprint density at radius 1 is 1.11 bits per heavy atom. The van der Waals surface area contributed by atoms with Crippen molar-refractivity contribution in [2.24, 2.45) is 0 Å². The molecule has 3 nitrogen and oxygen atoms in total. The number of aliphatic hydroxyl groups excluding tert-OH is 1. The van der Waals surface area contributed by atoms with Crippen LogP contribution in [-0.4, -0.2) is 12.2 Å². The van der Waals surface area contributed by atoms with Crippen LogP contribution in [0, 0.1) is 6.92 Å². The molecule has 0 atom stereocenters. The summed E-state index contributed by atoms with van der Waals surface area (Å²) in [5, 5.41) is 9.46. The fourth-order valence-corrected chi connectivity index (χ4v) is 2.05. The van der Waals surface area contributed by atoms with Crippen LogP contribution in [0.3, 0.4) is 0 Å². The quantitative estimate of drug-likeness (QED) is 0.815. The highest BCUT2D eigenvalue weighted by atomic mass is 16.5. The molecule has 0 saturated heterocycles. The van der Waals surface area contributed by atoms with Crippen LogP contribution in [0.25, 0.3) is 11.1 Å². The number of benzene rings is 2. The van der Waals surface area contributed by atoms with E-state index in [0.29, 0.717) is 11.4 Å². The average Bonchev–Trinajstić information content (AvgIpc) is 2.38. The molecule has 3 heteroatoms. The minimum absolute atomic E-state index is 0.00451. The average molecular weight is 243 g/mol. The van der Waals surface area contributed by atoms with Crippen LogP contribution < -0.4 is 10.5 Å². The van der Waals surface area contributed by atoms with E-state index in [4.69, 9.17) is 10.5 Å². The molecule has 94 valence electrons. The van der Waals surface area contributed by atoms with E-state index in [1.54, 1.807) is 13.2 Å². The molecule has 3 N–H and O–H groups in total. The summed E-state index contributed by atoms with van der Waals surface area (Å²) in [6.45, 7) is 2.01. The molecular formula is C15H17NO2. The molecular weight excluding hydrogens is 226 g/mol. The summed E-state index contributed by atoms with van der Waals surface area (Å²) in [5.74, 6) is 0.716. The summed E-state index contributed by atoms with van der Waals surface area (Å²) in [7, 11) is 1.62. The van der Waals surface area contributed by atoms with E-state index in [2.05, 4.69) is 0 Å². The van der Waals surface area contributed by atoms with Crippen molar-refractivity contribution in [1.29, 1.82) is 0 Å². The van der Waals surface area contributed by atoms with Gasteiger partial charge in [0.2, 0.25) is 0 Å². The van der Waals surface area contributed by atoms with E-state index in [1.165, 1.54) is 0 Å². The summed E-state index contributed by atoms with van der Waals surface area (Å²) >= 11 is 0. The second kappa shape index (κ2) is 5.10. The second-order valence-corrected chi connectivity index (χ2v) is 4.28. The van der Waals surface area contributed by atoms with E-state index in [-0.39, 0.29) is 6.61 Å². The molecule has 2 rings (SSSR count). The summed E-state index contributed by atoms with van der Waals surface area (Å²) < 4.78 is 5.35. The fourth-order valence-electron chi connectivity index (χ4n) is 2.05. The van der Waals surface area contributed by atoms with Crippen LogP contribution in [0.1, 0.15) is 11.1 Å². The van der Waals surface area contributed by atoms with Gasteiger partial charge in [0.1, 0.15) is 5.75 Å².